The molecule has 28 heavy (non-hydrogen) atoms. The molecule has 0 radical (unpaired) electrons. The number of benzene rings is 2. The van der Waals surface area contributed by atoms with Gasteiger partial charge in [0.15, 0.2) is 0 Å². The summed E-state index contributed by atoms with van der Waals surface area (Å²) >= 11 is 1.45. The summed E-state index contributed by atoms with van der Waals surface area (Å²) in [5.74, 6) is 0.786. The van der Waals surface area contributed by atoms with Crippen LogP contribution in [0.3, 0.4) is 0 Å². The van der Waals surface area contributed by atoms with Gasteiger partial charge in [0.1, 0.15) is 5.75 Å². The van der Waals surface area contributed by atoms with Crippen LogP contribution in [0.25, 0.3) is 10.2 Å². The number of nitro groups is 1. The molecule has 8 nitrogen and oxygen atoms in total. The molecule has 1 aromatic heterocycles. The Morgan fingerprint density at radius 3 is 2.68 bits per heavy atom. The Hall–Kier alpha value is -3.07. The SMILES string of the molecule is CCN(CCC[N+](=O)[O-])c1ccc(N=Nc2nc3ccc(OC)cc3s2)cc1. The maximum absolute atomic E-state index is 10.5. The van der Waals surface area contributed by atoms with E-state index in [1.54, 1.807) is 7.11 Å². The number of nitrogens with zero attached hydrogens (tertiary/aromatic N) is 5. The highest BCUT2D eigenvalue weighted by atomic mass is 32.1. The Bertz CT molecular complexity index is 971. The van der Waals surface area contributed by atoms with Crippen LogP contribution in [0.5, 0.6) is 5.75 Å². The van der Waals surface area contributed by atoms with E-state index in [1.807, 2.05) is 49.4 Å². The van der Waals surface area contributed by atoms with E-state index in [1.165, 1.54) is 11.3 Å². The summed E-state index contributed by atoms with van der Waals surface area (Å²) in [5, 5.41) is 19.6. The second-order valence-electron chi connectivity index (χ2n) is 6.04. The molecular formula is C19H21N5O3S. The van der Waals surface area contributed by atoms with Crippen molar-refractivity contribution in [1.29, 1.82) is 0 Å². The Kier molecular flexibility index (Phi) is 6.49. The molecule has 0 fully saturated rings. The van der Waals surface area contributed by atoms with Gasteiger partial charge >= 0.3 is 0 Å². The van der Waals surface area contributed by atoms with Crippen molar-refractivity contribution in [3.63, 3.8) is 0 Å². The molecule has 1 heterocycles. The molecule has 3 rings (SSSR count). The van der Waals surface area contributed by atoms with Crippen LogP contribution in [-0.4, -0.2) is 36.7 Å². The maximum Gasteiger partial charge on any atom is 0.231 e. The van der Waals surface area contributed by atoms with Gasteiger partial charge in [-0.1, -0.05) is 11.3 Å². The second-order valence-corrected chi connectivity index (χ2v) is 7.05. The number of rotatable bonds is 9. The van der Waals surface area contributed by atoms with Crippen molar-refractivity contribution < 1.29 is 9.66 Å². The third-order valence-corrected chi connectivity index (χ3v) is 5.10. The monoisotopic (exact) mass is 399 g/mol. The number of anilines is 1. The first-order valence-electron chi connectivity index (χ1n) is 8.92. The number of aromatic nitrogens is 1. The van der Waals surface area contributed by atoms with E-state index in [-0.39, 0.29) is 11.5 Å². The normalized spacial score (nSPS) is 11.2. The predicted octanol–water partition coefficient (Wildman–Crippen LogP) is 5.21. The number of ether oxygens (including phenoxy) is 1. The summed E-state index contributed by atoms with van der Waals surface area (Å²) in [4.78, 5) is 16.8. The van der Waals surface area contributed by atoms with Crippen LogP contribution in [0.2, 0.25) is 0 Å². The molecule has 9 heteroatoms. The number of fused-ring (bicyclic) bond motifs is 1. The number of hydrogen-bond acceptors (Lipinski definition) is 8. The molecule has 0 aliphatic rings. The van der Waals surface area contributed by atoms with Crippen molar-refractivity contribution in [3.05, 3.63) is 52.6 Å². The molecule has 0 bridgehead atoms. The lowest BCUT2D eigenvalue weighted by atomic mass is 10.2. The van der Waals surface area contributed by atoms with Crippen molar-refractivity contribution >= 4 is 38.1 Å². The van der Waals surface area contributed by atoms with E-state index in [2.05, 4.69) is 20.1 Å². The molecular weight excluding hydrogens is 378 g/mol. The zero-order valence-electron chi connectivity index (χ0n) is 15.7. The highest BCUT2D eigenvalue weighted by Crippen LogP contribution is 2.32. The number of hydrogen-bond donors (Lipinski definition) is 0. The first-order chi connectivity index (χ1) is 13.6. The molecule has 0 saturated heterocycles. The van der Waals surface area contributed by atoms with Crippen molar-refractivity contribution in [2.24, 2.45) is 10.2 Å². The van der Waals surface area contributed by atoms with Crippen LogP contribution < -0.4 is 9.64 Å². The average molecular weight is 399 g/mol. The minimum atomic E-state index is -0.282. The van der Waals surface area contributed by atoms with Crippen LogP contribution >= 0.6 is 11.3 Å². The van der Waals surface area contributed by atoms with E-state index in [9.17, 15) is 10.1 Å². The molecule has 0 amide bonds. The van der Waals surface area contributed by atoms with Gasteiger partial charge in [-0.25, -0.2) is 4.98 Å². The first kappa shape index (κ1) is 19.7. The third-order valence-electron chi connectivity index (χ3n) is 4.20. The fraction of sp³-hybridized carbons (Fsp3) is 0.316. The number of thiazole rings is 1. The largest absolute Gasteiger partial charge is 0.497 e. The summed E-state index contributed by atoms with van der Waals surface area (Å²) in [6.45, 7) is 3.44. The lowest BCUT2D eigenvalue weighted by molar-refractivity contribution is -0.480. The fourth-order valence-corrected chi connectivity index (χ4v) is 3.57. The van der Waals surface area contributed by atoms with E-state index >= 15 is 0 Å². The van der Waals surface area contributed by atoms with Gasteiger partial charge in [-0.2, -0.15) is 0 Å². The quantitative estimate of drug-likeness (QED) is 0.280. The van der Waals surface area contributed by atoms with E-state index in [4.69, 9.17) is 4.74 Å². The molecule has 3 aromatic rings. The van der Waals surface area contributed by atoms with Crippen molar-refractivity contribution in [1.82, 2.24) is 4.98 Å². The fourth-order valence-electron chi connectivity index (χ4n) is 2.75. The van der Waals surface area contributed by atoms with Gasteiger partial charge in [0, 0.05) is 30.1 Å². The highest BCUT2D eigenvalue weighted by molar-refractivity contribution is 7.21. The second kappa shape index (κ2) is 9.23. The summed E-state index contributed by atoms with van der Waals surface area (Å²) in [7, 11) is 1.63. The van der Waals surface area contributed by atoms with Crippen LogP contribution in [0.15, 0.2) is 52.7 Å². The minimum Gasteiger partial charge on any atom is -0.497 e. The van der Waals surface area contributed by atoms with E-state index in [0.29, 0.717) is 18.1 Å². The minimum absolute atomic E-state index is 0.0170. The van der Waals surface area contributed by atoms with Gasteiger partial charge in [-0.05, 0) is 49.4 Å². The predicted molar refractivity (Wildman–Crippen MR) is 111 cm³/mol. The molecule has 146 valence electrons. The average Bonchev–Trinajstić information content (AvgIpc) is 3.12. The Morgan fingerprint density at radius 2 is 2.00 bits per heavy atom. The lowest BCUT2D eigenvalue weighted by Crippen LogP contribution is -2.25. The highest BCUT2D eigenvalue weighted by Gasteiger charge is 2.07. The lowest BCUT2D eigenvalue weighted by Gasteiger charge is -2.22. The van der Waals surface area contributed by atoms with Crippen LogP contribution in [-0.2, 0) is 0 Å². The van der Waals surface area contributed by atoms with E-state index < -0.39 is 0 Å². The van der Waals surface area contributed by atoms with E-state index in [0.717, 1.165) is 33.9 Å². The zero-order chi connectivity index (χ0) is 19.9. The summed E-state index contributed by atoms with van der Waals surface area (Å²) in [6, 6.07) is 13.4. The molecule has 0 atom stereocenters. The van der Waals surface area contributed by atoms with Gasteiger partial charge < -0.3 is 9.64 Å². The molecule has 0 aliphatic heterocycles. The maximum atomic E-state index is 10.5. The van der Waals surface area contributed by atoms with Crippen molar-refractivity contribution in [3.8, 4) is 5.75 Å². The molecule has 0 spiro atoms. The Labute approximate surface area is 166 Å². The van der Waals surface area contributed by atoms with Crippen molar-refractivity contribution in [2.45, 2.75) is 13.3 Å². The molecule has 0 saturated carbocycles. The smallest absolute Gasteiger partial charge is 0.231 e. The summed E-state index contributed by atoms with van der Waals surface area (Å²) in [6.07, 6.45) is 0.519. The van der Waals surface area contributed by atoms with Gasteiger partial charge in [0.25, 0.3) is 0 Å². The van der Waals surface area contributed by atoms with Crippen LogP contribution in [0.4, 0.5) is 16.5 Å². The first-order valence-corrected chi connectivity index (χ1v) is 9.74. The number of azo groups is 1. The Morgan fingerprint density at radius 1 is 1.21 bits per heavy atom. The molecule has 2 aromatic carbocycles. The summed E-state index contributed by atoms with van der Waals surface area (Å²) in [5.41, 5.74) is 2.60. The molecule has 0 unspecified atom stereocenters. The molecule has 0 N–H and O–H groups in total. The van der Waals surface area contributed by atoms with Gasteiger partial charge in [0.2, 0.25) is 11.7 Å². The van der Waals surface area contributed by atoms with Gasteiger partial charge in [-0.3, -0.25) is 10.1 Å². The van der Waals surface area contributed by atoms with Crippen LogP contribution in [0.1, 0.15) is 13.3 Å². The topological polar surface area (TPSA) is 93.2 Å². The van der Waals surface area contributed by atoms with Gasteiger partial charge in [-0.15, -0.1) is 10.2 Å². The van der Waals surface area contributed by atoms with Gasteiger partial charge in [0.05, 0.1) is 23.0 Å². The molecule has 0 aliphatic carbocycles. The standard InChI is InChI=1S/C19H21N5O3S/c1-3-23(11-4-12-24(25)26)15-7-5-14(6-8-15)21-22-19-20-17-10-9-16(27-2)13-18(17)28-19/h5-10,13H,3-4,11-12H2,1-2H3. The Balaban J connectivity index is 1.66. The van der Waals surface area contributed by atoms with Crippen LogP contribution in [0, 0.1) is 10.1 Å². The van der Waals surface area contributed by atoms with Crippen molar-refractivity contribution in [2.75, 3.05) is 31.6 Å². The summed E-state index contributed by atoms with van der Waals surface area (Å²) < 4.78 is 6.22. The third kappa shape index (κ3) is 5.01. The zero-order valence-corrected chi connectivity index (χ0v) is 16.6. The number of methoxy groups -OCH3 is 1.